The summed E-state index contributed by atoms with van der Waals surface area (Å²) >= 11 is 0. The highest BCUT2D eigenvalue weighted by atomic mass is 19.1. The molecule has 1 unspecified atom stereocenters. The molecular weight excluding hydrogens is 527 g/mol. The number of nitrogens with zero attached hydrogens (tertiary/aromatic N) is 2. The molecule has 8 nitrogen and oxygen atoms in total. The van der Waals surface area contributed by atoms with Crippen molar-refractivity contribution < 1.29 is 28.1 Å². The summed E-state index contributed by atoms with van der Waals surface area (Å²) in [7, 11) is 2.92. The fourth-order valence-corrected chi connectivity index (χ4v) is 5.88. The molecule has 0 bridgehead atoms. The van der Waals surface area contributed by atoms with Crippen LogP contribution < -0.4 is 10.3 Å². The van der Waals surface area contributed by atoms with Crippen LogP contribution in [0.5, 0.6) is 5.75 Å². The van der Waals surface area contributed by atoms with E-state index in [1.165, 1.54) is 17.7 Å². The first kappa shape index (κ1) is 29.2. The smallest absolute Gasteiger partial charge is 0.341 e. The lowest BCUT2D eigenvalue weighted by Gasteiger charge is -2.30. The summed E-state index contributed by atoms with van der Waals surface area (Å²) in [5.41, 5.74) is 3.12. The first-order valence-electron chi connectivity index (χ1n) is 14.2. The van der Waals surface area contributed by atoms with Crippen LogP contribution >= 0.6 is 0 Å². The third-order valence-corrected chi connectivity index (χ3v) is 7.86. The minimum absolute atomic E-state index is 0.270. The van der Waals surface area contributed by atoms with Crippen molar-refractivity contribution in [2.75, 3.05) is 40.0 Å². The Morgan fingerprint density at radius 2 is 1.85 bits per heavy atom. The highest BCUT2D eigenvalue weighted by molar-refractivity contribution is 6.00. The molecular formula is C32H39FN2O6. The van der Waals surface area contributed by atoms with Gasteiger partial charge < -0.3 is 23.5 Å². The number of halogens is 1. The van der Waals surface area contributed by atoms with Gasteiger partial charge in [-0.3, -0.25) is 9.69 Å². The van der Waals surface area contributed by atoms with Gasteiger partial charge in [0.2, 0.25) is 0 Å². The van der Waals surface area contributed by atoms with Gasteiger partial charge in [0.25, 0.3) is 5.56 Å². The van der Waals surface area contributed by atoms with Gasteiger partial charge in [-0.1, -0.05) is 12.1 Å². The molecule has 41 heavy (non-hydrogen) atoms. The van der Waals surface area contributed by atoms with Crippen LogP contribution in [0.3, 0.4) is 0 Å². The van der Waals surface area contributed by atoms with E-state index in [4.69, 9.17) is 18.9 Å². The maximum Gasteiger partial charge on any atom is 0.341 e. The van der Waals surface area contributed by atoms with Crippen molar-refractivity contribution in [3.05, 3.63) is 62.8 Å². The Hall–Kier alpha value is -3.27. The number of methoxy groups -OCH3 is 1. The Kier molecular flexibility index (Phi) is 8.23. The van der Waals surface area contributed by atoms with E-state index in [-0.39, 0.29) is 11.3 Å². The lowest BCUT2D eigenvalue weighted by Crippen LogP contribution is -2.35. The van der Waals surface area contributed by atoms with Crippen LogP contribution in [0.4, 0.5) is 4.39 Å². The van der Waals surface area contributed by atoms with Crippen molar-refractivity contribution in [3.63, 3.8) is 0 Å². The molecule has 0 aliphatic carbocycles. The number of hydrogen-bond donors (Lipinski definition) is 0. The van der Waals surface area contributed by atoms with Crippen molar-refractivity contribution in [2.24, 2.45) is 7.05 Å². The second-order valence-electron chi connectivity index (χ2n) is 11.8. The molecule has 1 saturated heterocycles. The Balaban J connectivity index is 1.81. The van der Waals surface area contributed by atoms with Gasteiger partial charge in [0.1, 0.15) is 0 Å². The Labute approximate surface area is 239 Å². The van der Waals surface area contributed by atoms with Crippen LogP contribution in [0.2, 0.25) is 0 Å². The SMILES string of the molecule is COC(=O)C(OC(C)(C)C)c1c(-c2cc(F)c3c(c2C)CCCO3)c2ccc(CN3CCOCC3)cc2c(=O)n1C. The minimum atomic E-state index is -1.22. The lowest BCUT2D eigenvalue weighted by atomic mass is 9.87. The second kappa shape index (κ2) is 11.5. The molecule has 2 aromatic carbocycles. The van der Waals surface area contributed by atoms with Crippen molar-refractivity contribution in [3.8, 4) is 16.9 Å². The Morgan fingerprint density at radius 1 is 1.12 bits per heavy atom. The quantitative estimate of drug-likeness (QED) is 0.395. The third kappa shape index (κ3) is 5.76. The number of fused-ring (bicyclic) bond motifs is 2. The molecule has 2 aliphatic heterocycles. The molecule has 0 radical (unpaired) electrons. The van der Waals surface area contributed by atoms with E-state index in [1.54, 1.807) is 7.05 Å². The molecule has 9 heteroatoms. The summed E-state index contributed by atoms with van der Waals surface area (Å²) in [5.74, 6) is -0.834. The molecule has 0 saturated carbocycles. The molecule has 1 fully saturated rings. The monoisotopic (exact) mass is 566 g/mol. The number of carbonyl (C=O) groups is 1. The van der Waals surface area contributed by atoms with Gasteiger partial charge in [-0.2, -0.15) is 0 Å². The van der Waals surface area contributed by atoms with E-state index < -0.39 is 23.5 Å². The van der Waals surface area contributed by atoms with Gasteiger partial charge in [0, 0.05) is 43.2 Å². The van der Waals surface area contributed by atoms with Crippen molar-refractivity contribution in [1.29, 1.82) is 0 Å². The molecule has 5 rings (SSSR count). The van der Waals surface area contributed by atoms with E-state index in [9.17, 15) is 9.59 Å². The molecule has 0 amide bonds. The molecule has 0 spiro atoms. The number of esters is 1. The zero-order valence-electron chi connectivity index (χ0n) is 24.8. The number of benzene rings is 2. The van der Waals surface area contributed by atoms with Crippen LogP contribution in [-0.2, 0) is 39.0 Å². The number of hydrogen-bond acceptors (Lipinski definition) is 7. The number of aromatic nitrogens is 1. The fourth-order valence-electron chi connectivity index (χ4n) is 5.88. The predicted molar refractivity (Wildman–Crippen MR) is 155 cm³/mol. The first-order valence-corrected chi connectivity index (χ1v) is 14.2. The van der Waals surface area contributed by atoms with Gasteiger partial charge in [0.05, 0.1) is 38.2 Å². The summed E-state index contributed by atoms with van der Waals surface area (Å²) in [6.07, 6.45) is 0.230. The third-order valence-electron chi connectivity index (χ3n) is 7.86. The maximum absolute atomic E-state index is 15.6. The summed E-state index contributed by atoms with van der Waals surface area (Å²) in [6, 6.07) is 7.26. The second-order valence-corrected chi connectivity index (χ2v) is 11.8. The predicted octanol–water partition coefficient (Wildman–Crippen LogP) is 4.84. The average Bonchev–Trinajstić information content (AvgIpc) is 2.95. The van der Waals surface area contributed by atoms with Gasteiger partial charge in [-0.05, 0) is 74.7 Å². The molecule has 1 aromatic heterocycles. The van der Waals surface area contributed by atoms with Gasteiger partial charge >= 0.3 is 5.97 Å². The highest BCUT2D eigenvalue weighted by Gasteiger charge is 2.35. The zero-order valence-corrected chi connectivity index (χ0v) is 24.8. The highest BCUT2D eigenvalue weighted by Crippen LogP contribution is 2.43. The van der Waals surface area contributed by atoms with Gasteiger partial charge in [-0.25, -0.2) is 9.18 Å². The minimum Gasteiger partial charge on any atom is -0.490 e. The van der Waals surface area contributed by atoms with E-state index in [2.05, 4.69) is 4.90 Å². The number of pyridine rings is 1. The standard InChI is InChI=1S/C32H39FN2O6/c1-19-21-8-7-13-40-28(21)25(33)17-23(19)26-22-10-9-20(18-35-11-14-39-15-12-35)16-24(22)30(36)34(5)27(26)29(31(37)38-6)41-32(2,3)4/h9-10,16-17,29H,7-8,11-15,18H2,1-6H3. The topological polar surface area (TPSA) is 79.2 Å². The Morgan fingerprint density at radius 3 is 2.54 bits per heavy atom. The number of rotatable bonds is 6. The molecule has 1 atom stereocenters. The van der Waals surface area contributed by atoms with Gasteiger partial charge in [0.15, 0.2) is 17.7 Å². The molecule has 3 heterocycles. The van der Waals surface area contributed by atoms with Crippen molar-refractivity contribution >= 4 is 16.7 Å². The number of ether oxygens (including phenoxy) is 4. The van der Waals surface area contributed by atoms with Crippen molar-refractivity contribution in [1.82, 2.24) is 9.47 Å². The zero-order chi connectivity index (χ0) is 29.5. The van der Waals surface area contributed by atoms with Crippen LogP contribution in [0.15, 0.2) is 29.1 Å². The molecule has 3 aromatic rings. The average molecular weight is 567 g/mol. The summed E-state index contributed by atoms with van der Waals surface area (Å²) < 4.78 is 39.7. The summed E-state index contributed by atoms with van der Waals surface area (Å²) in [5, 5.41) is 1.12. The maximum atomic E-state index is 15.6. The lowest BCUT2D eigenvalue weighted by molar-refractivity contribution is -0.165. The fraction of sp³-hybridized carbons (Fsp3) is 0.500. The van der Waals surface area contributed by atoms with Crippen LogP contribution in [0, 0.1) is 12.7 Å². The van der Waals surface area contributed by atoms with Gasteiger partial charge in [-0.15, -0.1) is 0 Å². The van der Waals surface area contributed by atoms with Crippen LogP contribution in [0.25, 0.3) is 21.9 Å². The Bertz CT molecular complexity index is 1530. The van der Waals surface area contributed by atoms with E-state index >= 15 is 4.39 Å². The molecule has 0 N–H and O–H groups in total. The molecule has 220 valence electrons. The van der Waals surface area contributed by atoms with E-state index in [0.717, 1.165) is 36.2 Å². The number of carbonyl (C=O) groups excluding carboxylic acids is 1. The number of morpholine rings is 1. The van der Waals surface area contributed by atoms with Crippen LogP contribution in [0.1, 0.15) is 55.7 Å². The summed E-state index contributed by atoms with van der Waals surface area (Å²) in [4.78, 5) is 29.5. The van der Waals surface area contributed by atoms with E-state index in [1.807, 2.05) is 45.9 Å². The van der Waals surface area contributed by atoms with Crippen molar-refractivity contribution in [2.45, 2.75) is 58.8 Å². The largest absolute Gasteiger partial charge is 0.490 e. The molecule has 2 aliphatic rings. The van der Waals surface area contributed by atoms with E-state index in [0.29, 0.717) is 60.4 Å². The normalized spacial score (nSPS) is 16.8. The summed E-state index contributed by atoms with van der Waals surface area (Å²) in [6.45, 7) is 11.6. The first-order chi connectivity index (χ1) is 19.5. The van der Waals surface area contributed by atoms with Crippen LogP contribution in [-0.4, -0.2) is 61.1 Å².